The van der Waals surface area contributed by atoms with Crippen LogP contribution in [-0.4, -0.2) is 47.2 Å². The Morgan fingerprint density at radius 1 is 1.42 bits per heavy atom. The van der Waals surface area contributed by atoms with Crippen LogP contribution in [0.15, 0.2) is 5.10 Å². The Morgan fingerprint density at radius 3 is 2.95 bits per heavy atom. The fourth-order valence-corrected chi connectivity index (χ4v) is 2.96. The Bertz CT molecular complexity index is 395. The van der Waals surface area contributed by atoms with Gasteiger partial charge in [0.05, 0.1) is 6.42 Å². The molecule has 2 atom stereocenters. The Labute approximate surface area is 112 Å². The first-order chi connectivity index (χ1) is 9.06. The van der Waals surface area contributed by atoms with Gasteiger partial charge in [-0.25, -0.2) is 5.43 Å². The van der Waals surface area contributed by atoms with Crippen LogP contribution in [0.2, 0.25) is 0 Å². The fourth-order valence-electron chi connectivity index (χ4n) is 2.96. The number of hydrogen-bond donors (Lipinski definition) is 2. The van der Waals surface area contributed by atoms with E-state index in [0.29, 0.717) is 6.04 Å². The van der Waals surface area contributed by atoms with Gasteiger partial charge in [0.25, 0.3) is 0 Å². The highest BCUT2D eigenvalue weighted by Gasteiger charge is 2.35. The summed E-state index contributed by atoms with van der Waals surface area (Å²) in [5, 5.41) is 12.6. The molecule has 2 rings (SSSR count). The molecule has 1 aliphatic heterocycles. The predicted molar refractivity (Wildman–Crippen MR) is 70.8 cm³/mol. The van der Waals surface area contributed by atoms with Gasteiger partial charge in [-0.1, -0.05) is 0 Å². The third kappa shape index (κ3) is 3.76. The predicted octanol–water partition coefficient (Wildman–Crippen LogP) is 0.828. The number of carbonyl (C=O) groups is 2. The molecule has 0 aromatic carbocycles. The molecular formula is C13H21N3O3. The largest absolute Gasteiger partial charge is 0.481 e. The van der Waals surface area contributed by atoms with Crippen LogP contribution in [0.1, 0.15) is 38.5 Å². The number of likely N-dealkylation sites (tertiary alicyclic amines) is 1. The molecule has 0 bridgehead atoms. The molecule has 2 fully saturated rings. The number of amides is 1. The van der Waals surface area contributed by atoms with E-state index >= 15 is 0 Å². The Balaban J connectivity index is 1.80. The molecule has 1 amide bonds. The SMILES string of the molecule is CN1CCC2CC/C(=N\NC(=O)CCC(=O)O)CC21. The molecule has 0 radical (unpaired) electrons. The van der Waals surface area contributed by atoms with Gasteiger partial charge in [-0.05, 0) is 38.8 Å². The normalized spacial score (nSPS) is 29.2. The van der Waals surface area contributed by atoms with E-state index in [2.05, 4.69) is 22.5 Å². The molecular weight excluding hydrogens is 246 g/mol. The molecule has 6 heteroatoms. The Hall–Kier alpha value is -1.43. The second kappa shape index (κ2) is 6.14. The van der Waals surface area contributed by atoms with E-state index in [1.54, 1.807) is 0 Å². The maximum absolute atomic E-state index is 11.4. The summed E-state index contributed by atoms with van der Waals surface area (Å²) in [5.74, 6) is -0.514. The number of carbonyl (C=O) groups excluding carboxylic acids is 1. The third-order valence-electron chi connectivity index (χ3n) is 4.12. The number of nitrogens with zero attached hydrogens (tertiary/aromatic N) is 2. The molecule has 6 nitrogen and oxygen atoms in total. The molecule has 2 N–H and O–H groups in total. The van der Waals surface area contributed by atoms with Gasteiger partial charge in [0.1, 0.15) is 0 Å². The lowest BCUT2D eigenvalue weighted by Gasteiger charge is -2.30. The molecule has 1 saturated carbocycles. The van der Waals surface area contributed by atoms with E-state index in [9.17, 15) is 9.59 Å². The van der Waals surface area contributed by atoms with Crippen LogP contribution < -0.4 is 5.43 Å². The molecule has 1 saturated heterocycles. The molecule has 0 aromatic heterocycles. The van der Waals surface area contributed by atoms with Crippen molar-refractivity contribution in [1.82, 2.24) is 10.3 Å². The monoisotopic (exact) mass is 267 g/mol. The summed E-state index contributed by atoms with van der Waals surface area (Å²) >= 11 is 0. The van der Waals surface area contributed by atoms with Crippen LogP contribution in [0.25, 0.3) is 0 Å². The van der Waals surface area contributed by atoms with E-state index < -0.39 is 5.97 Å². The number of carboxylic acids is 1. The number of fused-ring (bicyclic) bond motifs is 1. The molecule has 1 aliphatic carbocycles. The molecule has 0 spiro atoms. The van der Waals surface area contributed by atoms with Crippen molar-refractivity contribution in [2.24, 2.45) is 11.0 Å². The zero-order valence-corrected chi connectivity index (χ0v) is 11.3. The number of aliphatic carboxylic acids is 1. The van der Waals surface area contributed by atoms with Crippen molar-refractivity contribution in [2.45, 2.75) is 44.6 Å². The molecule has 2 unspecified atom stereocenters. The molecule has 1 heterocycles. The summed E-state index contributed by atoms with van der Waals surface area (Å²) in [5.41, 5.74) is 3.50. The van der Waals surface area contributed by atoms with Crippen LogP contribution in [0.5, 0.6) is 0 Å². The minimum atomic E-state index is -0.962. The lowest BCUT2D eigenvalue weighted by atomic mass is 9.84. The van der Waals surface area contributed by atoms with Crippen molar-refractivity contribution < 1.29 is 14.7 Å². The van der Waals surface area contributed by atoms with E-state index in [4.69, 9.17) is 5.11 Å². The summed E-state index contributed by atoms with van der Waals surface area (Å²) in [4.78, 5) is 24.1. The van der Waals surface area contributed by atoms with Gasteiger partial charge < -0.3 is 10.0 Å². The van der Waals surface area contributed by atoms with E-state index in [1.807, 2.05) is 0 Å². The van der Waals surface area contributed by atoms with Crippen molar-refractivity contribution in [2.75, 3.05) is 13.6 Å². The number of hydrogen-bond acceptors (Lipinski definition) is 4. The first kappa shape index (κ1) is 14.0. The van der Waals surface area contributed by atoms with Crippen molar-refractivity contribution in [1.29, 1.82) is 0 Å². The number of nitrogens with one attached hydrogen (secondary N) is 1. The van der Waals surface area contributed by atoms with E-state index in [0.717, 1.165) is 37.4 Å². The average Bonchev–Trinajstić information content (AvgIpc) is 2.75. The molecule has 19 heavy (non-hydrogen) atoms. The number of hydrazone groups is 1. The summed E-state index contributed by atoms with van der Waals surface area (Å²) < 4.78 is 0. The van der Waals surface area contributed by atoms with Crippen molar-refractivity contribution in [3.63, 3.8) is 0 Å². The summed E-state index contributed by atoms with van der Waals surface area (Å²) in [6.07, 6.45) is 4.09. The maximum Gasteiger partial charge on any atom is 0.303 e. The van der Waals surface area contributed by atoms with Crippen LogP contribution >= 0.6 is 0 Å². The average molecular weight is 267 g/mol. The number of carboxylic acid groups (broad SMARTS) is 1. The summed E-state index contributed by atoms with van der Waals surface area (Å²) in [6, 6.07) is 0.559. The van der Waals surface area contributed by atoms with E-state index in [-0.39, 0.29) is 18.7 Å². The molecule has 0 aromatic rings. The van der Waals surface area contributed by atoms with Crippen molar-refractivity contribution in [3.05, 3.63) is 0 Å². The Morgan fingerprint density at radius 2 is 2.21 bits per heavy atom. The van der Waals surface area contributed by atoms with Crippen LogP contribution in [0.3, 0.4) is 0 Å². The minimum absolute atomic E-state index is 0.0158. The second-order valence-corrected chi connectivity index (χ2v) is 5.45. The first-order valence-corrected chi connectivity index (χ1v) is 6.82. The van der Waals surface area contributed by atoms with Gasteiger partial charge in [0.15, 0.2) is 0 Å². The van der Waals surface area contributed by atoms with Crippen LogP contribution in [0.4, 0.5) is 0 Å². The highest BCUT2D eigenvalue weighted by atomic mass is 16.4. The first-order valence-electron chi connectivity index (χ1n) is 6.82. The van der Waals surface area contributed by atoms with Gasteiger partial charge in [0.2, 0.25) is 5.91 Å². The highest BCUT2D eigenvalue weighted by Crippen LogP contribution is 2.33. The maximum atomic E-state index is 11.4. The van der Waals surface area contributed by atoms with Crippen molar-refractivity contribution in [3.8, 4) is 0 Å². The lowest BCUT2D eigenvalue weighted by Crippen LogP contribution is -2.36. The molecule has 2 aliphatic rings. The third-order valence-corrected chi connectivity index (χ3v) is 4.12. The minimum Gasteiger partial charge on any atom is -0.481 e. The van der Waals surface area contributed by atoms with E-state index in [1.165, 1.54) is 6.42 Å². The quantitative estimate of drug-likeness (QED) is 0.739. The standard InChI is InChI=1S/C13H21N3O3/c1-16-7-6-9-2-3-10(8-11(9)16)14-15-12(17)4-5-13(18)19/h9,11H,2-8H2,1H3,(H,15,17)(H,18,19)/b14-10+. The highest BCUT2D eigenvalue weighted by molar-refractivity contribution is 5.88. The zero-order chi connectivity index (χ0) is 13.8. The topological polar surface area (TPSA) is 82.0 Å². The zero-order valence-electron chi connectivity index (χ0n) is 11.3. The van der Waals surface area contributed by atoms with Gasteiger partial charge in [0, 0.05) is 24.6 Å². The Kier molecular flexibility index (Phi) is 4.52. The smallest absolute Gasteiger partial charge is 0.303 e. The molecule has 106 valence electrons. The van der Waals surface area contributed by atoms with Crippen LogP contribution in [0, 0.1) is 5.92 Å². The lowest BCUT2D eigenvalue weighted by molar-refractivity contribution is -0.138. The summed E-state index contributed by atoms with van der Waals surface area (Å²) in [6.45, 7) is 1.15. The fraction of sp³-hybridized carbons (Fsp3) is 0.769. The number of rotatable bonds is 4. The van der Waals surface area contributed by atoms with Gasteiger partial charge in [-0.15, -0.1) is 0 Å². The van der Waals surface area contributed by atoms with Gasteiger partial charge >= 0.3 is 5.97 Å². The second-order valence-electron chi connectivity index (χ2n) is 5.45. The van der Waals surface area contributed by atoms with Crippen LogP contribution in [-0.2, 0) is 9.59 Å². The van der Waals surface area contributed by atoms with Crippen molar-refractivity contribution >= 4 is 17.6 Å². The summed E-state index contributed by atoms with van der Waals surface area (Å²) in [7, 11) is 2.14. The van der Waals surface area contributed by atoms with Gasteiger partial charge in [-0.3, -0.25) is 9.59 Å². The van der Waals surface area contributed by atoms with Gasteiger partial charge in [-0.2, -0.15) is 5.10 Å².